The highest BCUT2D eigenvalue weighted by Gasteiger charge is 2.29. The van der Waals surface area contributed by atoms with Gasteiger partial charge in [-0.15, -0.1) is 0 Å². The molecule has 1 aromatic rings. The predicted octanol–water partition coefficient (Wildman–Crippen LogP) is 2.24. The molecule has 1 aromatic carbocycles. The number of aromatic hydroxyl groups is 1. The Morgan fingerprint density at radius 1 is 1.58 bits per heavy atom. The van der Waals surface area contributed by atoms with Crippen molar-refractivity contribution in [2.45, 2.75) is 25.8 Å². The molecular formula is C14H19ClN2O2. The van der Waals surface area contributed by atoms with E-state index in [0.717, 1.165) is 12.8 Å². The monoisotopic (exact) mass is 282 g/mol. The van der Waals surface area contributed by atoms with Crippen LogP contribution >= 0.6 is 11.6 Å². The van der Waals surface area contributed by atoms with Gasteiger partial charge in [-0.05, 0) is 30.5 Å². The molecule has 0 aliphatic carbocycles. The number of carbonyl (C=O) groups excluding carboxylic acids is 1. The minimum atomic E-state index is -0.133. The second kappa shape index (κ2) is 5.80. The van der Waals surface area contributed by atoms with Crippen molar-refractivity contribution in [3.8, 4) is 5.75 Å². The van der Waals surface area contributed by atoms with E-state index in [1.54, 1.807) is 4.90 Å². The van der Waals surface area contributed by atoms with Gasteiger partial charge in [0.1, 0.15) is 5.75 Å². The van der Waals surface area contributed by atoms with E-state index in [9.17, 15) is 9.90 Å². The molecule has 2 rings (SSSR count). The highest BCUT2D eigenvalue weighted by molar-refractivity contribution is 6.33. The third kappa shape index (κ3) is 3.01. The summed E-state index contributed by atoms with van der Waals surface area (Å²) in [6.45, 7) is 3.38. The number of likely N-dealkylation sites (tertiary alicyclic amines) is 1. The Bertz CT molecular complexity index is 479. The number of phenolic OH excluding ortho intramolecular Hbond substituents is 1. The molecule has 2 atom stereocenters. The fraction of sp³-hybridized carbons (Fsp3) is 0.500. The molecule has 1 aliphatic rings. The van der Waals surface area contributed by atoms with Crippen LogP contribution in [0.5, 0.6) is 5.75 Å². The number of rotatable bonds is 2. The summed E-state index contributed by atoms with van der Waals surface area (Å²) in [6.07, 6.45) is 1.76. The Morgan fingerprint density at radius 2 is 2.32 bits per heavy atom. The molecule has 19 heavy (non-hydrogen) atoms. The third-order valence-electron chi connectivity index (χ3n) is 3.78. The second-order valence-electron chi connectivity index (χ2n) is 5.04. The zero-order valence-corrected chi connectivity index (χ0v) is 11.7. The molecule has 104 valence electrons. The zero-order valence-electron chi connectivity index (χ0n) is 11.0. The van der Waals surface area contributed by atoms with Crippen molar-refractivity contribution in [3.63, 3.8) is 0 Å². The fourth-order valence-electron chi connectivity index (χ4n) is 2.51. The van der Waals surface area contributed by atoms with E-state index >= 15 is 0 Å². The maximum Gasteiger partial charge on any atom is 0.255 e. The van der Waals surface area contributed by atoms with Crippen LogP contribution in [-0.4, -0.2) is 35.0 Å². The summed E-state index contributed by atoms with van der Waals surface area (Å²) in [6, 6.07) is 4.59. The van der Waals surface area contributed by atoms with Crippen LogP contribution in [0, 0.1) is 5.92 Å². The van der Waals surface area contributed by atoms with Crippen molar-refractivity contribution < 1.29 is 9.90 Å². The van der Waals surface area contributed by atoms with Gasteiger partial charge < -0.3 is 15.7 Å². The number of carbonyl (C=O) groups is 1. The van der Waals surface area contributed by atoms with E-state index in [0.29, 0.717) is 29.6 Å². The summed E-state index contributed by atoms with van der Waals surface area (Å²) in [5.41, 5.74) is 6.39. The topological polar surface area (TPSA) is 66.6 Å². The van der Waals surface area contributed by atoms with Gasteiger partial charge in [0.15, 0.2) is 0 Å². The van der Waals surface area contributed by atoms with Gasteiger partial charge in [-0.2, -0.15) is 0 Å². The summed E-state index contributed by atoms with van der Waals surface area (Å²) >= 11 is 6.03. The summed E-state index contributed by atoms with van der Waals surface area (Å²) in [5.74, 6) is 0.244. The lowest BCUT2D eigenvalue weighted by Gasteiger charge is -2.36. The number of phenols is 1. The molecule has 1 amide bonds. The number of amides is 1. The number of benzene rings is 1. The van der Waals surface area contributed by atoms with E-state index in [1.807, 2.05) is 0 Å². The zero-order chi connectivity index (χ0) is 14.0. The maximum absolute atomic E-state index is 12.4. The largest absolute Gasteiger partial charge is 0.508 e. The second-order valence-corrected chi connectivity index (χ2v) is 5.44. The first-order chi connectivity index (χ1) is 9.02. The van der Waals surface area contributed by atoms with Crippen LogP contribution < -0.4 is 5.73 Å². The Balaban J connectivity index is 2.18. The first-order valence-electron chi connectivity index (χ1n) is 6.56. The Morgan fingerprint density at radius 3 is 3.00 bits per heavy atom. The van der Waals surface area contributed by atoms with Crippen molar-refractivity contribution in [1.29, 1.82) is 0 Å². The molecule has 2 unspecified atom stereocenters. The standard InChI is InChI=1S/C14H19ClN2O2/c1-2-9-8-17(6-5-13(9)16)14(19)11-7-10(18)3-4-12(11)15/h3-4,7,9,13,18H,2,5-6,8,16H2,1H3. The molecule has 0 radical (unpaired) electrons. The molecule has 0 saturated carbocycles. The van der Waals surface area contributed by atoms with Gasteiger partial charge in [-0.3, -0.25) is 4.79 Å². The summed E-state index contributed by atoms with van der Waals surface area (Å²) in [7, 11) is 0. The average Bonchev–Trinajstić information content (AvgIpc) is 2.41. The molecule has 3 N–H and O–H groups in total. The van der Waals surface area contributed by atoms with Gasteiger partial charge in [-0.1, -0.05) is 24.9 Å². The van der Waals surface area contributed by atoms with Gasteiger partial charge in [0.25, 0.3) is 5.91 Å². The van der Waals surface area contributed by atoms with E-state index in [1.165, 1.54) is 18.2 Å². The minimum absolute atomic E-state index is 0.0495. The number of piperidine rings is 1. The predicted molar refractivity (Wildman–Crippen MR) is 75.4 cm³/mol. The molecule has 1 heterocycles. The van der Waals surface area contributed by atoms with Gasteiger partial charge in [0.2, 0.25) is 0 Å². The lowest BCUT2D eigenvalue weighted by molar-refractivity contribution is 0.0649. The molecule has 0 spiro atoms. The molecule has 1 fully saturated rings. The number of nitrogens with zero attached hydrogens (tertiary/aromatic N) is 1. The van der Waals surface area contributed by atoms with Crippen LogP contribution in [0.3, 0.4) is 0 Å². The van der Waals surface area contributed by atoms with Crippen molar-refractivity contribution >= 4 is 17.5 Å². The minimum Gasteiger partial charge on any atom is -0.508 e. The van der Waals surface area contributed by atoms with Crippen molar-refractivity contribution in [2.75, 3.05) is 13.1 Å². The van der Waals surface area contributed by atoms with E-state index in [2.05, 4.69) is 6.92 Å². The van der Waals surface area contributed by atoms with Crippen molar-refractivity contribution in [3.05, 3.63) is 28.8 Å². The maximum atomic E-state index is 12.4. The third-order valence-corrected chi connectivity index (χ3v) is 4.11. The van der Waals surface area contributed by atoms with Gasteiger partial charge in [0.05, 0.1) is 10.6 Å². The van der Waals surface area contributed by atoms with Gasteiger partial charge >= 0.3 is 0 Å². The smallest absolute Gasteiger partial charge is 0.255 e. The van der Waals surface area contributed by atoms with Crippen molar-refractivity contribution in [2.24, 2.45) is 11.7 Å². The molecule has 4 nitrogen and oxygen atoms in total. The van der Waals surface area contributed by atoms with Crippen molar-refractivity contribution in [1.82, 2.24) is 4.90 Å². The molecule has 1 aliphatic heterocycles. The van der Waals surface area contributed by atoms with E-state index in [-0.39, 0.29) is 17.7 Å². The first kappa shape index (κ1) is 14.2. The van der Waals surface area contributed by atoms with Crippen LogP contribution in [0.1, 0.15) is 30.1 Å². The van der Waals surface area contributed by atoms with Crippen LogP contribution in [0.2, 0.25) is 5.02 Å². The summed E-state index contributed by atoms with van der Waals surface area (Å²) < 4.78 is 0. The lowest BCUT2D eigenvalue weighted by Crippen LogP contribution is -2.49. The normalized spacial score (nSPS) is 23.4. The highest BCUT2D eigenvalue weighted by atomic mass is 35.5. The number of hydrogen-bond donors (Lipinski definition) is 2. The number of hydrogen-bond acceptors (Lipinski definition) is 3. The number of nitrogens with two attached hydrogens (primary N) is 1. The average molecular weight is 283 g/mol. The lowest BCUT2D eigenvalue weighted by atomic mass is 9.90. The summed E-state index contributed by atoms with van der Waals surface area (Å²) in [5, 5.41) is 9.84. The van der Waals surface area contributed by atoms with Crippen LogP contribution in [-0.2, 0) is 0 Å². The first-order valence-corrected chi connectivity index (χ1v) is 6.94. The Kier molecular flexibility index (Phi) is 4.32. The van der Waals surface area contributed by atoms with Crippen LogP contribution in [0.25, 0.3) is 0 Å². The molecule has 1 saturated heterocycles. The Hall–Kier alpha value is -1.26. The summed E-state index contributed by atoms with van der Waals surface area (Å²) in [4.78, 5) is 14.2. The van der Waals surface area contributed by atoms with Gasteiger partial charge in [0, 0.05) is 19.1 Å². The number of halogens is 1. The fourth-order valence-corrected chi connectivity index (χ4v) is 2.71. The van der Waals surface area contributed by atoms with E-state index < -0.39 is 0 Å². The molecule has 0 aromatic heterocycles. The van der Waals surface area contributed by atoms with Crippen LogP contribution in [0.15, 0.2) is 18.2 Å². The van der Waals surface area contributed by atoms with Crippen LogP contribution in [0.4, 0.5) is 0 Å². The SMILES string of the molecule is CCC1CN(C(=O)c2cc(O)ccc2Cl)CCC1N. The van der Waals surface area contributed by atoms with E-state index in [4.69, 9.17) is 17.3 Å². The molecule has 5 heteroatoms. The molecule has 0 bridgehead atoms. The van der Waals surface area contributed by atoms with Gasteiger partial charge in [-0.25, -0.2) is 0 Å². The highest BCUT2D eigenvalue weighted by Crippen LogP contribution is 2.25. The molecular weight excluding hydrogens is 264 g/mol. The Labute approximate surface area is 118 Å². The quantitative estimate of drug-likeness (QED) is 0.874.